The molecular weight excluding hydrogens is 236 g/mol. The van der Waals surface area contributed by atoms with E-state index in [0.29, 0.717) is 5.41 Å². The summed E-state index contributed by atoms with van der Waals surface area (Å²) < 4.78 is 5.33. The van der Waals surface area contributed by atoms with Crippen molar-refractivity contribution in [3.05, 3.63) is 0 Å². The Morgan fingerprint density at radius 1 is 1.05 bits per heavy atom. The highest BCUT2D eigenvalue weighted by Gasteiger charge is 2.14. The second-order valence-corrected chi connectivity index (χ2v) is 6.49. The summed E-state index contributed by atoms with van der Waals surface area (Å²) in [6.07, 6.45) is 10.9. The van der Waals surface area contributed by atoms with Crippen LogP contribution >= 0.6 is 0 Å². The van der Waals surface area contributed by atoms with Crippen LogP contribution in [0.4, 0.5) is 0 Å². The zero-order valence-electron chi connectivity index (χ0n) is 13.8. The van der Waals surface area contributed by atoms with E-state index in [0.717, 1.165) is 19.3 Å². The van der Waals surface area contributed by atoms with Gasteiger partial charge in [-0.15, -0.1) is 0 Å². The third-order valence-corrected chi connectivity index (χ3v) is 4.03. The molecule has 0 heterocycles. The molecule has 0 spiro atoms. The van der Waals surface area contributed by atoms with Gasteiger partial charge < -0.3 is 4.74 Å². The number of carbonyl (C=O) groups excluding carboxylic acids is 1. The van der Waals surface area contributed by atoms with Gasteiger partial charge in [-0.25, -0.2) is 0 Å². The first kappa shape index (κ1) is 18.5. The van der Waals surface area contributed by atoms with Crippen molar-refractivity contribution in [2.45, 2.75) is 98.5 Å². The third-order valence-electron chi connectivity index (χ3n) is 4.03. The summed E-state index contributed by atoms with van der Waals surface area (Å²) in [5, 5.41) is 0. The summed E-state index contributed by atoms with van der Waals surface area (Å²) in [7, 11) is 0. The van der Waals surface area contributed by atoms with Gasteiger partial charge in [-0.3, -0.25) is 4.79 Å². The second-order valence-electron chi connectivity index (χ2n) is 6.49. The highest BCUT2D eigenvalue weighted by molar-refractivity contribution is 5.66. The summed E-state index contributed by atoms with van der Waals surface area (Å²) in [5.41, 5.74) is 0.502. The minimum Gasteiger partial charge on any atom is -0.463 e. The number of hydrogen-bond acceptors (Lipinski definition) is 2. The minimum absolute atomic E-state index is 0.136. The number of hydrogen-bond donors (Lipinski definition) is 0. The molecule has 0 aromatic heterocycles. The summed E-state index contributed by atoms with van der Waals surface area (Å²) >= 11 is 0. The molecule has 0 aliphatic carbocycles. The van der Waals surface area contributed by atoms with E-state index < -0.39 is 0 Å². The maximum Gasteiger partial charge on any atom is 0.302 e. The van der Waals surface area contributed by atoms with Gasteiger partial charge in [0.2, 0.25) is 0 Å². The van der Waals surface area contributed by atoms with Crippen LogP contribution < -0.4 is 0 Å². The molecule has 114 valence electrons. The maximum absolute atomic E-state index is 11.0. The number of ether oxygens (including phenoxy) is 1. The molecule has 0 bridgehead atoms. The van der Waals surface area contributed by atoms with E-state index in [2.05, 4.69) is 27.7 Å². The number of carbonyl (C=O) groups is 1. The zero-order chi connectivity index (χ0) is 14.7. The molecular formula is C17H34O2. The molecule has 19 heavy (non-hydrogen) atoms. The van der Waals surface area contributed by atoms with Crippen LogP contribution in [0.3, 0.4) is 0 Å². The van der Waals surface area contributed by atoms with E-state index >= 15 is 0 Å². The van der Waals surface area contributed by atoms with E-state index in [-0.39, 0.29) is 12.1 Å². The molecule has 0 saturated heterocycles. The fourth-order valence-electron chi connectivity index (χ4n) is 2.32. The van der Waals surface area contributed by atoms with Crippen LogP contribution in [0, 0.1) is 5.41 Å². The van der Waals surface area contributed by atoms with Gasteiger partial charge in [-0.2, -0.15) is 0 Å². The number of rotatable bonds is 11. The topological polar surface area (TPSA) is 26.3 Å². The molecule has 1 unspecified atom stereocenters. The number of esters is 1. The highest BCUT2D eigenvalue weighted by atomic mass is 16.5. The van der Waals surface area contributed by atoms with Gasteiger partial charge >= 0.3 is 5.97 Å². The van der Waals surface area contributed by atoms with Gasteiger partial charge in [0.15, 0.2) is 0 Å². The largest absolute Gasteiger partial charge is 0.463 e. The van der Waals surface area contributed by atoms with Gasteiger partial charge in [0, 0.05) is 6.92 Å². The third kappa shape index (κ3) is 11.0. The Balaban J connectivity index is 3.62. The molecule has 0 fully saturated rings. The Hall–Kier alpha value is -0.530. The Kier molecular flexibility index (Phi) is 9.99. The van der Waals surface area contributed by atoms with Crippen LogP contribution in [0.5, 0.6) is 0 Å². The van der Waals surface area contributed by atoms with Gasteiger partial charge in [0.25, 0.3) is 0 Å². The molecule has 2 nitrogen and oxygen atoms in total. The summed E-state index contributed by atoms with van der Waals surface area (Å²) in [5.74, 6) is -0.136. The molecule has 0 aliphatic heterocycles. The minimum atomic E-state index is -0.136. The Bertz CT molecular complexity index is 233. The molecule has 0 aromatic rings. The van der Waals surface area contributed by atoms with E-state index in [4.69, 9.17) is 4.74 Å². The quantitative estimate of drug-likeness (QED) is 0.366. The van der Waals surface area contributed by atoms with Crippen molar-refractivity contribution in [1.82, 2.24) is 0 Å². The van der Waals surface area contributed by atoms with Crippen LogP contribution in [-0.2, 0) is 9.53 Å². The van der Waals surface area contributed by atoms with E-state index in [9.17, 15) is 4.79 Å². The van der Waals surface area contributed by atoms with Gasteiger partial charge in [-0.1, -0.05) is 59.8 Å². The van der Waals surface area contributed by atoms with Crippen molar-refractivity contribution in [1.29, 1.82) is 0 Å². The van der Waals surface area contributed by atoms with Crippen LogP contribution in [0.25, 0.3) is 0 Å². The van der Waals surface area contributed by atoms with Crippen molar-refractivity contribution in [2.75, 3.05) is 0 Å². The standard InChI is InChI=1S/C17H34O2/c1-6-12-16(19-15(3)18)13-10-8-9-11-14-17(4,5)7-2/h16H,6-14H2,1-5H3. The fraction of sp³-hybridized carbons (Fsp3) is 0.941. The molecule has 0 radical (unpaired) electrons. The van der Waals surface area contributed by atoms with Gasteiger partial charge in [-0.05, 0) is 31.1 Å². The molecule has 0 amide bonds. The van der Waals surface area contributed by atoms with Gasteiger partial charge in [0.05, 0.1) is 0 Å². The second kappa shape index (κ2) is 10.3. The lowest BCUT2D eigenvalue weighted by atomic mass is 9.84. The van der Waals surface area contributed by atoms with Crippen LogP contribution in [0.15, 0.2) is 0 Å². The van der Waals surface area contributed by atoms with Crippen molar-refractivity contribution in [3.63, 3.8) is 0 Å². The predicted octanol–water partition coefficient (Wildman–Crippen LogP) is 5.50. The van der Waals surface area contributed by atoms with E-state index in [1.54, 1.807) is 0 Å². The van der Waals surface area contributed by atoms with Gasteiger partial charge in [0.1, 0.15) is 6.10 Å². The van der Waals surface area contributed by atoms with Crippen LogP contribution in [0.1, 0.15) is 92.4 Å². The average Bonchev–Trinajstić information content (AvgIpc) is 2.33. The fourth-order valence-corrected chi connectivity index (χ4v) is 2.32. The lowest BCUT2D eigenvalue weighted by Crippen LogP contribution is -2.16. The molecule has 0 N–H and O–H groups in total. The van der Waals surface area contributed by atoms with Crippen molar-refractivity contribution in [3.8, 4) is 0 Å². The van der Waals surface area contributed by atoms with Crippen LogP contribution in [0.2, 0.25) is 0 Å². The van der Waals surface area contributed by atoms with E-state index in [1.165, 1.54) is 45.4 Å². The Morgan fingerprint density at radius 2 is 1.68 bits per heavy atom. The van der Waals surface area contributed by atoms with Crippen molar-refractivity contribution < 1.29 is 9.53 Å². The maximum atomic E-state index is 11.0. The molecule has 2 heteroatoms. The summed E-state index contributed by atoms with van der Waals surface area (Å²) in [6.45, 7) is 10.6. The van der Waals surface area contributed by atoms with Crippen LogP contribution in [-0.4, -0.2) is 12.1 Å². The zero-order valence-corrected chi connectivity index (χ0v) is 13.8. The Labute approximate surface area is 120 Å². The van der Waals surface area contributed by atoms with E-state index in [1.807, 2.05) is 0 Å². The lowest BCUT2D eigenvalue weighted by Gasteiger charge is -2.22. The average molecular weight is 270 g/mol. The smallest absolute Gasteiger partial charge is 0.302 e. The first-order valence-corrected chi connectivity index (χ1v) is 8.08. The molecule has 1 atom stereocenters. The monoisotopic (exact) mass is 270 g/mol. The molecule has 0 saturated carbocycles. The van der Waals surface area contributed by atoms with Crippen molar-refractivity contribution in [2.24, 2.45) is 5.41 Å². The first-order chi connectivity index (χ1) is 8.91. The SMILES string of the molecule is CCCC(CCCCCCC(C)(C)CC)OC(C)=O. The molecule has 0 rings (SSSR count). The Morgan fingerprint density at radius 3 is 2.21 bits per heavy atom. The highest BCUT2D eigenvalue weighted by Crippen LogP contribution is 2.27. The predicted molar refractivity (Wildman–Crippen MR) is 82.2 cm³/mol. The lowest BCUT2D eigenvalue weighted by molar-refractivity contribution is -0.147. The summed E-state index contributed by atoms with van der Waals surface area (Å²) in [4.78, 5) is 11.0. The summed E-state index contributed by atoms with van der Waals surface area (Å²) in [6, 6.07) is 0. The molecule has 0 aromatic carbocycles. The molecule has 0 aliphatic rings. The first-order valence-electron chi connectivity index (χ1n) is 8.08. The normalized spacial score (nSPS) is 13.3. The number of unbranched alkanes of at least 4 members (excludes halogenated alkanes) is 3. The van der Waals surface area contributed by atoms with Crippen molar-refractivity contribution >= 4 is 5.97 Å².